The van der Waals surface area contributed by atoms with Gasteiger partial charge in [-0.05, 0) is 28.9 Å². The van der Waals surface area contributed by atoms with Crippen LogP contribution in [-0.2, 0) is 6.54 Å². The number of benzene rings is 1. The molecule has 0 amide bonds. The fourth-order valence-electron chi connectivity index (χ4n) is 2.00. The molecule has 0 aliphatic heterocycles. The van der Waals surface area contributed by atoms with Crippen LogP contribution in [0, 0.1) is 10.1 Å². The van der Waals surface area contributed by atoms with Crippen molar-refractivity contribution in [3.63, 3.8) is 0 Å². The third-order valence-corrected chi connectivity index (χ3v) is 4.53. The zero-order valence-electron chi connectivity index (χ0n) is 11.1. The van der Waals surface area contributed by atoms with E-state index in [1.54, 1.807) is 23.3 Å². The highest BCUT2D eigenvalue weighted by atomic mass is 32.2. The molecule has 2 aromatic heterocycles. The third kappa shape index (κ3) is 2.72. The fourth-order valence-corrected chi connectivity index (χ4v) is 3.11. The molecule has 0 atom stereocenters. The van der Waals surface area contributed by atoms with E-state index < -0.39 is 4.92 Å². The molecule has 2 heterocycles. The van der Waals surface area contributed by atoms with Gasteiger partial charge in [-0.1, -0.05) is 23.5 Å². The van der Waals surface area contributed by atoms with Crippen LogP contribution in [-0.4, -0.2) is 20.6 Å². The van der Waals surface area contributed by atoms with Gasteiger partial charge in [-0.2, -0.15) is 9.38 Å². The minimum absolute atomic E-state index is 0.0213. The van der Waals surface area contributed by atoms with Crippen molar-refractivity contribution in [3.8, 4) is 0 Å². The first-order valence-corrected chi connectivity index (χ1v) is 8.26. The van der Waals surface area contributed by atoms with Crippen LogP contribution in [0.15, 0.2) is 40.7 Å². The van der Waals surface area contributed by atoms with E-state index in [9.17, 15) is 10.1 Å². The number of fused-ring (bicyclic) bond motifs is 1. The molecular formula is C13H12N4O2S2. The lowest BCUT2D eigenvalue weighted by atomic mass is 10.2. The molecule has 3 rings (SSSR count). The summed E-state index contributed by atoms with van der Waals surface area (Å²) in [6.07, 6.45) is 3.68. The summed E-state index contributed by atoms with van der Waals surface area (Å²) >= 11 is 3.05. The smallest absolute Gasteiger partial charge is 0.359 e. The number of nitro groups is 1. The predicted molar refractivity (Wildman–Crippen MR) is 85.3 cm³/mol. The molecule has 0 fully saturated rings. The molecule has 0 spiro atoms. The Bertz CT molecular complexity index is 779. The molecule has 0 saturated carbocycles. The molecule has 21 heavy (non-hydrogen) atoms. The summed E-state index contributed by atoms with van der Waals surface area (Å²) in [4.78, 5) is 16.9. The maximum absolute atomic E-state index is 11.2. The molecule has 108 valence electrons. The summed E-state index contributed by atoms with van der Waals surface area (Å²) in [6.45, 7) is 0.500. The Kier molecular flexibility index (Phi) is 3.80. The van der Waals surface area contributed by atoms with Crippen LogP contribution in [0.2, 0.25) is 0 Å². The van der Waals surface area contributed by atoms with Crippen LogP contribution in [0.5, 0.6) is 0 Å². The lowest BCUT2D eigenvalue weighted by Gasteiger charge is -2.04. The number of rotatable bonds is 5. The molecule has 3 aromatic rings. The number of imidazole rings is 1. The van der Waals surface area contributed by atoms with Gasteiger partial charge in [-0.3, -0.25) is 0 Å². The normalized spacial score (nSPS) is 10.9. The number of thioether (sulfide) groups is 1. The van der Waals surface area contributed by atoms with Gasteiger partial charge in [0.05, 0.1) is 0 Å². The van der Waals surface area contributed by atoms with Gasteiger partial charge in [0.25, 0.3) is 4.96 Å². The molecule has 6 nitrogen and oxygen atoms in total. The minimum Gasteiger partial charge on any atom is -0.359 e. The van der Waals surface area contributed by atoms with Crippen molar-refractivity contribution in [2.75, 3.05) is 11.6 Å². The van der Waals surface area contributed by atoms with Gasteiger partial charge in [0.1, 0.15) is 6.20 Å². The number of nitrogens with zero attached hydrogens (tertiary/aromatic N) is 3. The average Bonchev–Trinajstić information content (AvgIpc) is 3.05. The molecule has 8 heteroatoms. The van der Waals surface area contributed by atoms with Crippen LogP contribution in [0.3, 0.4) is 0 Å². The maximum Gasteiger partial charge on any atom is 0.372 e. The quantitative estimate of drug-likeness (QED) is 0.441. The summed E-state index contributed by atoms with van der Waals surface area (Å²) in [5, 5.41) is 16.0. The molecule has 0 unspecified atom stereocenters. The van der Waals surface area contributed by atoms with E-state index >= 15 is 0 Å². The lowest BCUT2D eigenvalue weighted by molar-refractivity contribution is -0.389. The monoisotopic (exact) mass is 320 g/mol. The van der Waals surface area contributed by atoms with Crippen LogP contribution in [0.1, 0.15) is 5.56 Å². The van der Waals surface area contributed by atoms with Crippen molar-refractivity contribution >= 4 is 39.7 Å². The van der Waals surface area contributed by atoms with Gasteiger partial charge in [0, 0.05) is 16.8 Å². The first-order valence-electron chi connectivity index (χ1n) is 6.16. The number of hydrogen-bond acceptors (Lipinski definition) is 6. The Morgan fingerprint density at radius 2 is 2.19 bits per heavy atom. The van der Waals surface area contributed by atoms with Crippen LogP contribution >= 0.6 is 23.1 Å². The molecule has 0 saturated heterocycles. The van der Waals surface area contributed by atoms with Crippen molar-refractivity contribution in [1.29, 1.82) is 0 Å². The molecular weight excluding hydrogens is 308 g/mol. The summed E-state index contributed by atoms with van der Waals surface area (Å²) < 4.78 is 1.49. The van der Waals surface area contributed by atoms with Crippen LogP contribution < -0.4 is 5.32 Å². The van der Waals surface area contributed by atoms with E-state index in [-0.39, 0.29) is 5.82 Å². The highest BCUT2D eigenvalue weighted by Gasteiger charge is 2.23. The van der Waals surface area contributed by atoms with Crippen molar-refractivity contribution in [2.24, 2.45) is 0 Å². The van der Waals surface area contributed by atoms with Gasteiger partial charge < -0.3 is 15.4 Å². The third-order valence-electron chi connectivity index (χ3n) is 3.03. The van der Waals surface area contributed by atoms with Gasteiger partial charge in [-0.25, -0.2) is 0 Å². The molecule has 0 radical (unpaired) electrons. The van der Waals surface area contributed by atoms with Gasteiger partial charge in [0.15, 0.2) is 0 Å². The summed E-state index contributed by atoms with van der Waals surface area (Å²) in [5.41, 5.74) is 1.05. The second-order valence-electron chi connectivity index (χ2n) is 4.30. The topological polar surface area (TPSA) is 72.5 Å². The molecule has 0 bridgehead atoms. The Balaban J connectivity index is 1.82. The van der Waals surface area contributed by atoms with Crippen molar-refractivity contribution in [1.82, 2.24) is 9.38 Å². The number of hydrogen-bond donors (Lipinski definition) is 1. The zero-order chi connectivity index (χ0) is 14.8. The SMILES string of the molecule is CSc1ccc(CNc2nc3sccn3c2[N+](=O)[O-])cc1. The van der Waals surface area contributed by atoms with E-state index in [2.05, 4.69) is 10.3 Å². The Hall–Kier alpha value is -2.06. The average molecular weight is 320 g/mol. The predicted octanol–water partition coefficient (Wildman–Crippen LogP) is 3.64. The van der Waals surface area contributed by atoms with E-state index in [0.717, 1.165) is 5.56 Å². The van der Waals surface area contributed by atoms with E-state index in [4.69, 9.17) is 0 Å². The van der Waals surface area contributed by atoms with Crippen molar-refractivity contribution in [3.05, 3.63) is 51.5 Å². The standard InChI is InChI=1S/C13H12N4O2S2/c1-20-10-4-2-9(3-5-10)8-14-11-12(17(18)19)16-6-7-21-13(16)15-11/h2-7,14H,8H2,1H3. The second-order valence-corrected chi connectivity index (χ2v) is 6.05. The van der Waals surface area contributed by atoms with Crippen molar-refractivity contribution < 1.29 is 4.92 Å². The van der Waals surface area contributed by atoms with Crippen LogP contribution in [0.25, 0.3) is 4.96 Å². The van der Waals surface area contributed by atoms with Crippen molar-refractivity contribution in [2.45, 2.75) is 11.4 Å². The van der Waals surface area contributed by atoms with E-state index in [1.807, 2.05) is 30.5 Å². The van der Waals surface area contributed by atoms with E-state index in [0.29, 0.717) is 17.3 Å². The summed E-state index contributed by atoms with van der Waals surface area (Å²) in [6, 6.07) is 8.07. The Morgan fingerprint density at radius 1 is 1.43 bits per heavy atom. The summed E-state index contributed by atoms with van der Waals surface area (Å²) in [5.74, 6) is 0.285. The number of nitrogens with one attached hydrogen (secondary N) is 1. The molecule has 1 N–H and O–H groups in total. The van der Waals surface area contributed by atoms with Gasteiger partial charge >= 0.3 is 5.82 Å². The largest absolute Gasteiger partial charge is 0.372 e. The fraction of sp³-hybridized carbons (Fsp3) is 0.154. The summed E-state index contributed by atoms with van der Waals surface area (Å²) in [7, 11) is 0. The Morgan fingerprint density at radius 3 is 2.86 bits per heavy atom. The van der Waals surface area contributed by atoms with E-state index in [1.165, 1.54) is 20.6 Å². The minimum atomic E-state index is -0.411. The zero-order valence-corrected chi connectivity index (χ0v) is 12.8. The van der Waals surface area contributed by atoms with Crippen LogP contribution in [0.4, 0.5) is 11.6 Å². The number of thiazole rings is 1. The number of anilines is 1. The number of aromatic nitrogens is 2. The first-order chi connectivity index (χ1) is 10.2. The molecule has 1 aromatic carbocycles. The molecule has 0 aliphatic carbocycles. The Labute approximate surface area is 129 Å². The highest BCUT2D eigenvalue weighted by molar-refractivity contribution is 7.98. The lowest BCUT2D eigenvalue weighted by Crippen LogP contribution is -2.03. The first kappa shape index (κ1) is 13.9. The van der Waals surface area contributed by atoms with Gasteiger partial charge in [-0.15, -0.1) is 11.8 Å². The molecule has 0 aliphatic rings. The van der Waals surface area contributed by atoms with Gasteiger partial charge in [0.2, 0.25) is 5.82 Å². The highest BCUT2D eigenvalue weighted by Crippen LogP contribution is 2.28. The second kappa shape index (κ2) is 5.74. The maximum atomic E-state index is 11.2.